The molecule has 0 amide bonds. The molecule has 2 aromatic rings. The molecule has 0 radical (unpaired) electrons. The van der Waals surface area contributed by atoms with Crippen molar-refractivity contribution in [3.05, 3.63) is 12.7 Å². The van der Waals surface area contributed by atoms with Crippen LogP contribution in [0, 0.1) is 0 Å². The van der Waals surface area contributed by atoms with E-state index in [4.69, 9.17) is 19.7 Å². The van der Waals surface area contributed by atoms with Gasteiger partial charge in [-0.1, -0.05) is 0 Å². The molecule has 1 aliphatic rings. The second-order valence-corrected chi connectivity index (χ2v) is 11.4. The Morgan fingerprint density at radius 3 is 2.49 bits per heavy atom. The van der Waals surface area contributed by atoms with Crippen LogP contribution in [0.5, 0.6) is 0 Å². The molecular formula is C21H33N6O7P. The van der Waals surface area contributed by atoms with E-state index in [-0.39, 0.29) is 11.9 Å². The molecule has 0 bridgehead atoms. The number of anilines is 1. The first-order valence-corrected chi connectivity index (χ1v) is 13.1. The summed E-state index contributed by atoms with van der Waals surface area (Å²) in [6.45, 7) is 8.31. The molecule has 0 aliphatic heterocycles. The maximum absolute atomic E-state index is 14.2. The van der Waals surface area contributed by atoms with Gasteiger partial charge in [0.05, 0.1) is 25.1 Å². The Morgan fingerprint density at radius 2 is 1.91 bits per heavy atom. The highest BCUT2D eigenvalue weighted by atomic mass is 31.2. The van der Waals surface area contributed by atoms with Gasteiger partial charge in [-0.05, 0) is 47.5 Å². The Morgan fingerprint density at radius 1 is 1.23 bits per heavy atom. The number of esters is 1. The number of carbonyl (C=O) groups is 2. The summed E-state index contributed by atoms with van der Waals surface area (Å²) in [5, 5.41) is 9.87. The van der Waals surface area contributed by atoms with Crippen LogP contribution in [0.15, 0.2) is 12.7 Å². The minimum Gasteiger partial charge on any atom is -0.480 e. The van der Waals surface area contributed by atoms with E-state index in [1.54, 1.807) is 45.5 Å². The molecule has 2 heterocycles. The number of hydrogen-bond donors (Lipinski definition) is 2. The molecule has 1 aliphatic carbocycles. The zero-order valence-electron chi connectivity index (χ0n) is 20.6. The summed E-state index contributed by atoms with van der Waals surface area (Å²) in [7, 11) is -3.94. The maximum Gasteiger partial charge on any atom is 0.332 e. The van der Waals surface area contributed by atoms with Crippen LogP contribution in [-0.2, 0) is 34.7 Å². The minimum atomic E-state index is -3.94. The Bertz CT molecular complexity index is 1120. The number of carboxylic acids is 1. The van der Waals surface area contributed by atoms with E-state index in [0.29, 0.717) is 30.6 Å². The van der Waals surface area contributed by atoms with E-state index in [1.807, 2.05) is 0 Å². The fourth-order valence-electron chi connectivity index (χ4n) is 3.99. The van der Waals surface area contributed by atoms with Crippen LogP contribution in [0.2, 0.25) is 0 Å². The predicted octanol–water partition coefficient (Wildman–Crippen LogP) is 2.26. The molecule has 13 nitrogen and oxygen atoms in total. The second kappa shape index (κ2) is 10.6. The molecule has 1 saturated carbocycles. The number of rotatable bonds is 13. The average molecular weight is 513 g/mol. The molecule has 2 aromatic heterocycles. The maximum atomic E-state index is 14.2. The predicted molar refractivity (Wildman–Crippen MR) is 127 cm³/mol. The van der Waals surface area contributed by atoms with Crippen molar-refractivity contribution < 1.29 is 33.3 Å². The van der Waals surface area contributed by atoms with Crippen molar-refractivity contribution in [2.24, 2.45) is 0 Å². The third-order valence-corrected chi connectivity index (χ3v) is 8.04. The molecule has 35 heavy (non-hydrogen) atoms. The van der Waals surface area contributed by atoms with E-state index < -0.39 is 50.1 Å². The number of imidazole rings is 1. The van der Waals surface area contributed by atoms with E-state index >= 15 is 0 Å². The van der Waals surface area contributed by atoms with Crippen LogP contribution >= 0.6 is 7.52 Å². The quantitative estimate of drug-likeness (QED) is 0.297. The number of carboxylic acid groups (broad SMARTS) is 1. The Balaban J connectivity index is 1.79. The average Bonchev–Trinajstić information content (AvgIpc) is 3.45. The molecule has 2 atom stereocenters. The van der Waals surface area contributed by atoms with Gasteiger partial charge >= 0.3 is 11.9 Å². The highest BCUT2D eigenvalue weighted by molar-refractivity contribution is 7.56. The van der Waals surface area contributed by atoms with Crippen LogP contribution in [0.3, 0.4) is 0 Å². The van der Waals surface area contributed by atoms with Crippen molar-refractivity contribution in [1.29, 1.82) is 0 Å². The van der Waals surface area contributed by atoms with Crippen molar-refractivity contribution in [3.8, 4) is 0 Å². The van der Waals surface area contributed by atoms with Crippen LogP contribution in [0.4, 0.5) is 5.82 Å². The molecule has 1 fully saturated rings. The Labute approximate surface area is 203 Å². The van der Waals surface area contributed by atoms with Gasteiger partial charge in [-0.3, -0.25) is 9.36 Å². The van der Waals surface area contributed by atoms with Crippen molar-refractivity contribution in [3.63, 3.8) is 0 Å². The normalized spacial score (nSPS) is 17.6. The molecule has 0 aromatic carbocycles. The smallest absolute Gasteiger partial charge is 0.332 e. The lowest BCUT2D eigenvalue weighted by Crippen LogP contribution is -2.46. The molecular weight excluding hydrogens is 479 g/mol. The van der Waals surface area contributed by atoms with Gasteiger partial charge in [0.1, 0.15) is 23.7 Å². The Kier molecular flexibility index (Phi) is 8.15. The van der Waals surface area contributed by atoms with Crippen molar-refractivity contribution in [2.75, 3.05) is 18.7 Å². The fourth-order valence-corrected chi connectivity index (χ4v) is 6.64. The monoisotopic (exact) mass is 512 g/mol. The van der Waals surface area contributed by atoms with Crippen molar-refractivity contribution in [1.82, 2.24) is 24.2 Å². The van der Waals surface area contributed by atoms with E-state index in [2.05, 4.69) is 15.0 Å². The molecule has 0 saturated heterocycles. The number of nitrogens with zero attached hydrogens (tertiary/aromatic N) is 5. The molecule has 194 valence electrons. The summed E-state index contributed by atoms with van der Waals surface area (Å²) in [5.74, 6) is -1.53. The van der Waals surface area contributed by atoms with Gasteiger partial charge in [-0.15, -0.1) is 0 Å². The van der Waals surface area contributed by atoms with Gasteiger partial charge in [0.15, 0.2) is 18.1 Å². The number of fused-ring (bicyclic) bond motifs is 1. The molecule has 0 spiro atoms. The molecule has 3 rings (SSSR count). The summed E-state index contributed by atoms with van der Waals surface area (Å²) in [4.78, 5) is 36.5. The topological polar surface area (TPSA) is 172 Å². The summed E-state index contributed by atoms with van der Waals surface area (Å²) in [6.07, 6.45) is 2.25. The number of aliphatic carboxylic acids is 1. The number of nitrogen functional groups attached to an aromatic ring is 1. The van der Waals surface area contributed by atoms with Crippen LogP contribution in [0.1, 0.15) is 47.5 Å². The van der Waals surface area contributed by atoms with Gasteiger partial charge in [0.25, 0.3) is 7.52 Å². The van der Waals surface area contributed by atoms with Crippen molar-refractivity contribution in [2.45, 2.75) is 77.8 Å². The SMILES string of the molecule is CC(C)OC(=O)COP(=O)(CO[C@H](C)Cn1cnc2c(N)ncnc21)N(C(C)C)C1(C(=O)O)CC1. The molecule has 14 heteroatoms. The first-order valence-electron chi connectivity index (χ1n) is 11.4. The fraction of sp³-hybridized carbons (Fsp3) is 0.667. The molecule has 1 unspecified atom stereocenters. The standard InChI is InChI=1S/C21H33N6O7P/c1-13(2)27(21(6-7-21)20(29)30)35(31,33-9-16(28)34-14(3)4)12-32-15(5)8-26-11-25-17-18(22)23-10-24-19(17)26/h10-11,13-15H,6-9,12H2,1-5H3,(H,29,30)(H2,22,23,24)/t15-,35?/m1/s1. The summed E-state index contributed by atoms with van der Waals surface area (Å²) < 4.78 is 33.9. The van der Waals surface area contributed by atoms with E-state index in [1.165, 1.54) is 11.0 Å². The van der Waals surface area contributed by atoms with Crippen molar-refractivity contribution >= 4 is 36.4 Å². The minimum absolute atomic E-state index is 0.254. The summed E-state index contributed by atoms with van der Waals surface area (Å²) in [5.41, 5.74) is 5.49. The van der Waals surface area contributed by atoms with E-state index in [9.17, 15) is 19.3 Å². The number of nitrogens with two attached hydrogens (primary N) is 1. The Hall–Kier alpha value is -2.60. The lowest BCUT2D eigenvalue weighted by atomic mass is 10.2. The largest absolute Gasteiger partial charge is 0.480 e. The van der Waals surface area contributed by atoms with Crippen LogP contribution < -0.4 is 5.73 Å². The highest BCUT2D eigenvalue weighted by Gasteiger charge is 2.61. The van der Waals surface area contributed by atoms with Gasteiger partial charge in [-0.25, -0.2) is 24.4 Å². The van der Waals surface area contributed by atoms with Crippen LogP contribution in [-0.4, -0.2) is 78.0 Å². The van der Waals surface area contributed by atoms with Gasteiger partial charge in [0, 0.05) is 6.04 Å². The van der Waals surface area contributed by atoms with E-state index in [0.717, 1.165) is 0 Å². The summed E-state index contributed by atoms with van der Waals surface area (Å²) in [6, 6.07) is -0.447. The second-order valence-electron chi connectivity index (χ2n) is 9.16. The third kappa shape index (κ3) is 5.97. The van der Waals surface area contributed by atoms with Gasteiger partial charge in [0.2, 0.25) is 0 Å². The summed E-state index contributed by atoms with van der Waals surface area (Å²) >= 11 is 0. The molecule has 3 N–H and O–H groups in total. The van der Waals surface area contributed by atoms with Gasteiger partial charge in [-0.2, -0.15) is 0 Å². The number of aromatic nitrogens is 4. The number of carbonyl (C=O) groups excluding carboxylic acids is 1. The third-order valence-electron chi connectivity index (χ3n) is 5.53. The lowest BCUT2D eigenvalue weighted by Gasteiger charge is -2.38. The first kappa shape index (κ1) is 27.0. The zero-order valence-corrected chi connectivity index (χ0v) is 21.5. The lowest BCUT2D eigenvalue weighted by molar-refractivity contribution is -0.150. The zero-order chi connectivity index (χ0) is 26.0. The first-order chi connectivity index (χ1) is 16.4. The number of ether oxygens (including phenoxy) is 2. The highest BCUT2D eigenvalue weighted by Crippen LogP contribution is 2.62. The van der Waals surface area contributed by atoms with Crippen LogP contribution in [0.25, 0.3) is 11.2 Å². The number of hydrogen-bond acceptors (Lipinski definition) is 10. The van der Waals surface area contributed by atoms with Gasteiger partial charge < -0.3 is 29.4 Å².